The van der Waals surface area contributed by atoms with Gasteiger partial charge in [-0.25, -0.2) is 4.98 Å². The van der Waals surface area contributed by atoms with Gasteiger partial charge in [-0.15, -0.1) is 11.3 Å². The maximum absolute atomic E-state index is 10.4. The highest BCUT2D eigenvalue weighted by atomic mass is 32.1. The first-order valence-electron chi connectivity index (χ1n) is 6.38. The molecule has 2 rings (SSSR count). The fourth-order valence-corrected chi connectivity index (χ4v) is 3.05. The van der Waals surface area contributed by atoms with Crippen molar-refractivity contribution in [3.8, 4) is 11.5 Å². The van der Waals surface area contributed by atoms with Gasteiger partial charge in [0.25, 0.3) is 0 Å². The zero-order valence-electron chi connectivity index (χ0n) is 12.1. The third-order valence-corrected chi connectivity index (χ3v) is 4.33. The van der Waals surface area contributed by atoms with E-state index in [1.165, 1.54) is 4.88 Å². The zero-order valence-corrected chi connectivity index (χ0v) is 13.0. The van der Waals surface area contributed by atoms with Crippen LogP contribution in [0, 0.1) is 13.8 Å². The average Bonchev–Trinajstić information content (AvgIpc) is 2.76. The lowest BCUT2D eigenvalue weighted by Gasteiger charge is -2.16. The Morgan fingerprint density at radius 2 is 2.00 bits per heavy atom. The lowest BCUT2D eigenvalue weighted by Crippen LogP contribution is -2.05. The van der Waals surface area contributed by atoms with Gasteiger partial charge in [-0.1, -0.05) is 12.1 Å². The molecule has 0 aliphatic carbocycles. The Bertz CT molecular complexity index is 575. The molecule has 5 heteroatoms. The van der Waals surface area contributed by atoms with Crippen molar-refractivity contribution in [1.82, 2.24) is 4.98 Å². The van der Waals surface area contributed by atoms with Gasteiger partial charge < -0.3 is 14.6 Å². The molecule has 0 fully saturated rings. The summed E-state index contributed by atoms with van der Waals surface area (Å²) < 4.78 is 10.6. The highest BCUT2D eigenvalue weighted by Gasteiger charge is 2.19. The number of para-hydroxylation sites is 1. The number of ether oxygens (including phenoxy) is 2. The van der Waals surface area contributed by atoms with E-state index in [2.05, 4.69) is 4.98 Å². The number of benzene rings is 1. The van der Waals surface area contributed by atoms with Crippen LogP contribution >= 0.6 is 11.3 Å². The van der Waals surface area contributed by atoms with Gasteiger partial charge in [-0.2, -0.15) is 0 Å². The van der Waals surface area contributed by atoms with E-state index in [9.17, 15) is 5.11 Å². The second-order valence-electron chi connectivity index (χ2n) is 4.55. The number of rotatable bonds is 5. The van der Waals surface area contributed by atoms with Gasteiger partial charge in [-0.3, -0.25) is 0 Å². The number of aromatic nitrogens is 1. The lowest BCUT2D eigenvalue weighted by atomic mass is 10.1. The first-order valence-corrected chi connectivity index (χ1v) is 7.20. The van der Waals surface area contributed by atoms with Crippen molar-refractivity contribution in [2.75, 3.05) is 14.2 Å². The molecule has 0 saturated carbocycles. The molecule has 1 aromatic carbocycles. The van der Waals surface area contributed by atoms with E-state index in [1.807, 2.05) is 32.0 Å². The Labute approximate surface area is 123 Å². The molecule has 0 radical (unpaired) electrons. The summed E-state index contributed by atoms with van der Waals surface area (Å²) in [5.41, 5.74) is 1.74. The van der Waals surface area contributed by atoms with Crippen molar-refractivity contribution in [2.24, 2.45) is 0 Å². The molecule has 0 spiro atoms. The number of aryl methyl sites for hydroxylation is 2. The van der Waals surface area contributed by atoms with E-state index < -0.39 is 6.10 Å². The van der Waals surface area contributed by atoms with Crippen LogP contribution in [0.5, 0.6) is 11.5 Å². The minimum absolute atomic E-state index is 0.475. The van der Waals surface area contributed by atoms with Gasteiger partial charge in [0, 0.05) is 16.9 Å². The minimum atomic E-state index is -0.662. The summed E-state index contributed by atoms with van der Waals surface area (Å²) >= 11 is 1.62. The highest BCUT2D eigenvalue weighted by Crippen LogP contribution is 2.36. The second-order valence-corrected chi connectivity index (χ2v) is 5.84. The predicted molar refractivity (Wildman–Crippen MR) is 79.8 cm³/mol. The molecule has 0 amide bonds. The molecule has 108 valence electrons. The minimum Gasteiger partial charge on any atom is -0.493 e. The smallest absolute Gasteiger partial charge is 0.166 e. The summed E-state index contributed by atoms with van der Waals surface area (Å²) in [4.78, 5) is 5.65. The number of hydrogen-bond donors (Lipinski definition) is 1. The monoisotopic (exact) mass is 293 g/mol. The quantitative estimate of drug-likeness (QED) is 0.920. The Morgan fingerprint density at radius 1 is 1.25 bits per heavy atom. The van der Waals surface area contributed by atoms with Crippen LogP contribution in [-0.2, 0) is 6.42 Å². The van der Waals surface area contributed by atoms with Crippen LogP contribution in [0.3, 0.4) is 0 Å². The maximum Gasteiger partial charge on any atom is 0.166 e. The van der Waals surface area contributed by atoms with Gasteiger partial charge in [0.1, 0.15) is 0 Å². The summed E-state index contributed by atoms with van der Waals surface area (Å²) in [7, 11) is 3.16. The summed E-state index contributed by atoms with van der Waals surface area (Å²) in [5, 5.41) is 11.4. The van der Waals surface area contributed by atoms with E-state index in [1.54, 1.807) is 25.6 Å². The molecule has 1 unspecified atom stereocenters. The zero-order chi connectivity index (χ0) is 14.7. The van der Waals surface area contributed by atoms with Gasteiger partial charge in [0.15, 0.2) is 11.5 Å². The predicted octanol–water partition coefficient (Wildman–Crippen LogP) is 3.05. The molecule has 1 N–H and O–H groups in total. The van der Waals surface area contributed by atoms with E-state index in [4.69, 9.17) is 9.47 Å². The van der Waals surface area contributed by atoms with Crippen molar-refractivity contribution in [1.29, 1.82) is 0 Å². The fourth-order valence-electron chi connectivity index (χ4n) is 2.08. The summed E-state index contributed by atoms with van der Waals surface area (Å²) in [6, 6.07) is 5.50. The van der Waals surface area contributed by atoms with Crippen molar-refractivity contribution in [3.63, 3.8) is 0 Å². The van der Waals surface area contributed by atoms with Crippen LogP contribution in [0.25, 0.3) is 0 Å². The Hall–Kier alpha value is -1.59. The largest absolute Gasteiger partial charge is 0.493 e. The van der Waals surface area contributed by atoms with Gasteiger partial charge >= 0.3 is 0 Å². The lowest BCUT2D eigenvalue weighted by molar-refractivity contribution is 0.173. The molecule has 20 heavy (non-hydrogen) atoms. The molecule has 0 aliphatic rings. The number of methoxy groups -OCH3 is 2. The topological polar surface area (TPSA) is 51.6 Å². The first-order chi connectivity index (χ1) is 9.56. The normalized spacial score (nSPS) is 12.2. The van der Waals surface area contributed by atoms with Gasteiger partial charge in [0.05, 0.1) is 31.0 Å². The molecule has 1 aromatic heterocycles. The summed E-state index contributed by atoms with van der Waals surface area (Å²) in [5.74, 6) is 1.20. The second kappa shape index (κ2) is 6.24. The van der Waals surface area contributed by atoms with Crippen LogP contribution in [0.2, 0.25) is 0 Å². The Balaban J connectivity index is 2.26. The first kappa shape index (κ1) is 14.8. The number of aliphatic hydroxyl groups is 1. The van der Waals surface area contributed by atoms with Crippen molar-refractivity contribution in [3.05, 3.63) is 39.3 Å². The molecule has 0 saturated heterocycles. The molecular formula is C15H19NO3S. The van der Waals surface area contributed by atoms with Crippen molar-refractivity contribution < 1.29 is 14.6 Å². The van der Waals surface area contributed by atoms with E-state index >= 15 is 0 Å². The fraction of sp³-hybridized carbons (Fsp3) is 0.400. The molecular weight excluding hydrogens is 274 g/mol. The molecule has 1 atom stereocenters. The van der Waals surface area contributed by atoms with Crippen LogP contribution in [-0.4, -0.2) is 24.3 Å². The average molecular weight is 293 g/mol. The Kier molecular flexibility index (Phi) is 4.62. The standard InChI is InChI=1S/C15H19NO3S/c1-9-10(2)20-14(16-9)8-12(17)11-6-5-7-13(18-3)15(11)19-4/h5-7,12,17H,8H2,1-4H3. The van der Waals surface area contributed by atoms with Crippen molar-refractivity contribution in [2.45, 2.75) is 26.4 Å². The van der Waals surface area contributed by atoms with E-state index in [0.717, 1.165) is 16.3 Å². The van der Waals surface area contributed by atoms with Gasteiger partial charge in [-0.05, 0) is 19.9 Å². The van der Waals surface area contributed by atoms with Crippen molar-refractivity contribution >= 4 is 11.3 Å². The van der Waals surface area contributed by atoms with Crippen LogP contribution < -0.4 is 9.47 Å². The molecule has 0 bridgehead atoms. The van der Waals surface area contributed by atoms with Crippen LogP contribution in [0.1, 0.15) is 27.2 Å². The van der Waals surface area contributed by atoms with Crippen LogP contribution in [0.4, 0.5) is 0 Å². The van der Waals surface area contributed by atoms with E-state index in [-0.39, 0.29) is 0 Å². The van der Waals surface area contributed by atoms with Crippen LogP contribution in [0.15, 0.2) is 18.2 Å². The number of aliphatic hydroxyl groups excluding tert-OH is 1. The van der Waals surface area contributed by atoms with Gasteiger partial charge in [0.2, 0.25) is 0 Å². The molecule has 4 nitrogen and oxygen atoms in total. The third kappa shape index (κ3) is 2.94. The third-order valence-electron chi connectivity index (χ3n) is 3.23. The molecule has 1 heterocycles. The number of hydrogen-bond acceptors (Lipinski definition) is 5. The Morgan fingerprint density at radius 3 is 2.55 bits per heavy atom. The summed E-state index contributed by atoms with van der Waals surface area (Å²) in [6.07, 6.45) is -0.187. The number of thiazole rings is 1. The number of nitrogens with zero attached hydrogens (tertiary/aromatic N) is 1. The maximum atomic E-state index is 10.4. The molecule has 0 aliphatic heterocycles. The molecule has 2 aromatic rings. The SMILES string of the molecule is COc1cccc(C(O)Cc2nc(C)c(C)s2)c1OC. The highest BCUT2D eigenvalue weighted by molar-refractivity contribution is 7.11. The van der Waals surface area contributed by atoms with E-state index in [0.29, 0.717) is 17.9 Å². The summed E-state index contributed by atoms with van der Waals surface area (Å²) in [6.45, 7) is 4.02.